The van der Waals surface area contributed by atoms with Crippen LogP contribution in [0.1, 0.15) is 16.6 Å². The van der Waals surface area contributed by atoms with Gasteiger partial charge in [0.15, 0.2) is 10.9 Å². The molecule has 1 fully saturated rings. The number of anilines is 1. The van der Waals surface area contributed by atoms with Crippen molar-refractivity contribution >= 4 is 28.2 Å². The van der Waals surface area contributed by atoms with E-state index in [1.165, 1.54) is 18.3 Å². The van der Waals surface area contributed by atoms with Gasteiger partial charge in [0, 0.05) is 27.1 Å². The van der Waals surface area contributed by atoms with Crippen LogP contribution >= 0.6 is 11.3 Å². The van der Waals surface area contributed by atoms with Gasteiger partial charge in [-0.15, -0.1) is 0 Å². The summed E-state index contributed by atoms with van der Waals surface area (Å²) in [5.74, 6) is 0.107. The largest absolute Gasteiger partial charge is 0.342 e. The topological polar surface area (TPSA) is 53.5 Å². The zero-order chi connectivity index (χ0) is 11.7. The summed E-state index contributed by atoms with van der Waals surface area (Å²) in [4.78, 5) is 31.1. The zero-order valence-electron chi connectivity index (χ0n) is 9.27. The number of hydrogen-bond donors (Lipinski definition) is 0. The fraction of sp³-hybridized carbons (Fsp3) is 0.500. The smallest absolute Gasteiger partial charge is 0.241 e. The molecule has 1 aromatic heterocycles. The van der Waals surface area contributed by atoms with Crippen molar-refractivity contribution in [1.82, 2.24) is 9.88 Å². The number of thiazole rings is 1. The maximum Gasteiger partial charge on any atom is 0.241 e. The Bertz CT molecular complexity index is 429. The summed E-state index contributed by atoms with van der Waals surface area (Å²) in [6.45, 7) is 3.34. The average molecular weight is 239 g/mol. The van der Waals surface area contributed by atoms with Crippen LogP contribution in [0.2, 0.25) is 0 Å². The lowest BCUT2D eigenvalue weighted by Gasteiger charge is -2.31. The quantitative estimate of drug-likeness (QED) is 0.710. The number of hydrogen-bond acceptors (Lipinski definition) is 5. The van der Waals surface area contributed by atoms with E-state index in [0.29, 0.717) is 18.0 Å². The highest BCUT2D eigenvalue weighted by Crippen LogP contribution is 2.23. The number of nitrogens with zero attached hydrogens (tertiary/aromatic N) is 3. The molecule has 0 radical (unpaired) electrons. The molecular weight excluding hydrogens is 226 g/mol. The predicted octanol–water partition coefficient (Wildman–Crippen LogP) is 0.624. The minimum atomic E-state index is 0.0178. The van der Waals surface area contributed by atoms with Crippen molar-refractivity contribution in [3.05, 3.63) is 11.1 Å². The number of piperazine rings is 1. The molecule has 0 saturated carbocycles. The standard InChI is InChI=1S/C10H13N3O2S/c1-7(14)8-5-11-10(16-8)13-4-3-12(2)9(15)6-13/h5H,3-4,6H2,1-2H3. The second-order valence-corrected chi connectivity index (χ2v) is 4.81. The number of carbonyl (C=O) groups is 2. The van der Waals surface area contributed by atoms with Gasteiger partial charge < -0.3 is 9.80 Å². The summed E-state index contributed by atoms with van der Waals surface area (Å²) >= 11 is 1.35. The maximum atomic E-state index is 11.5. The number of aromatic nitrogens is 1. The molecule has 0 unspecified atom stereocenters. The molecule has 0 N–H and O–H groups in total. The molecule has 0 aliphatic carbocycles. The van der Waals surface area contributed by atoms with E-state index in [1.807, 2.05) is 4.90 Å². The molecule has 1 aromatic rings. The summed E-state index contributed by atoms with van der Waals surface area (Å²) in [5.41, 5.74) is 0. The van der Waals surface area contributed by atoms with Gasteiger partial charge in [-0.1, -0.05) is 11.3 Å². The van der Waals surface area contributed by atoms with Gasteiger partial charge in [-0.2, -0.15) is 0 Å². The van der Waals surface area contributed by atoms with Crippen LogP contribution in [0, 0.1) is 0 Å². The van der Waals surface area contributed by atoms with E-state index in [0.717, 1.165) is 11.7 Å². The first-order valence-electron chi connectivity index (χ1n) is 5.03. The van der Waals surface area contributed by atoms with Gasteiger partial charge in [-0.25, -0.2) is 4.98 Å². The Labute approximate surface area is 97.7 Å². The predicted molar refractivity (Wildman–Crippen MR) is 62.0 cm³/mol. The molecule has 1 saturated heterocycles. The minimum Gasteiger partial charge on any atom is -0.342 e. The Balaban J connectivity index is 2.12. The van der Waals surface area contributed by atoms with E-state index in [-0.39, 0.29) is 11.7 Å². The van der Waals surface area contributed by atoms with Crippen LogP contribution < -0.4 is 4.90 Å². The molecule has 0 atom stereocenters. The number of carbonyl (C=O) groups excluding carboxylic acids is 2. The number of likely N-dealkylation sites (N-methyl/N-ethyl adjacent to an activating group) is 1. The Kier molecular flexibility index (Phi) is 2.91. The lowest BCUT2D eigenvalue weighted by atomic mass is 10.3. The third kappa shape index (κ3) is 2.06. The Morgan fingerprint density at radius 1 is 1.50 bits per heavy atom. The highest BCUT2D eigenvalue weighted by Gasteiger charge is 2.23. The molecule has 1 aliphatic rings. The maximum absolute atomic E-state index is 11.5. The van der Waals surface area contributed by atoms with E-state index in [4.69, 9.17) is 0 Å². The van der Waals surface area contributed by atoms with Crippen molar-refractivity contribution in [2.75, 3.05) is 31.6 Å². The first kappa shape index (κ1) is 11.1. The second-order valence-electron chi connectivity index (χ2n) is 3.80. The first-order chi connectivity index (χ1) is 7.58. The highest BCUT2D eigenvalue weighted by atomic mass is 32.1. The molecule has 0 bridgehead atoms. The van der Waals surface area contributed by atoms with Crippen LogP contribution in [0.4, 0.5) is 5.13 Å². The SMILES string of the molecule is CC(=O)c1cnc(N2CCN(C)C(=O)C2)s1. The molecule has 0 aromatic carbocycles. The summed E-state index contributed by atoms with van der Waals surface area (Å²) < 4.78 is 0. The van der Waals surface area contributed by atoms with Crippen molar-refractivity contribution in [2.24, 2.45) is 0 Å². The molecule has 1 amide bonds. The lowest BCUT2D eigenvalue weighted by molar-refractivity contribution is -0.129. The number of Topliss-reactive ketones (excluding diaryl/α,β-unsaturated/α-hetero) is 1. The monoisotopic (exact) mass is 239 g/mol. The summed E-state index contributed by atoms with van der Waals surface area (Å²) in [6.07, 6.45) is 1.57. The van der Waals surface area contributed by atoms with Gasteiger partial charge in [0.05, 0.1) is 17.6 Å². The lowest BCUT2D eigenvalue weighted by Crippen LogP contribution is -2.48. The summed E-state index contributed by atoms with van der Waals surface area (Å²) in [6, 6.07) is 0. The van der Waals surface area contributed by atoms with Crippen molar-refractivity contribution in [1.29, 1.82) is 0 Å². The normalized spacial score (nSPS) is 16.8. The summed E-state index contributed by atoms with van der Waals surface area (Å²) in [7, 11) is 1.79. The molecule has 0 spiro atoms. The third-order valence-electron chi connectivity index (χ3n) is 2.57. The first-order valence-corrected chi connectivity index (χ1v) is 5.85. The number of ketones is 1. The third-order valence-corrected chi connectivity index (χ3v) is 3.73. The van der Waals surface area contributed by atoms with Crippen LogP contribution in [-0.2, 0) is 4.79 Å². The van der Waals surface area contributed by atoms with Gasteiger partial charge >= 0.3 is 0 Å². The fourth-order valence-electron chi connectivity index (χ4n) is 1.50. The van der Waals surface area contributed by atoms with Gasteiger partial charge in [-0.3, -0.25) is 9.59 Å². The molecule has 1 aliphatic heterocycles. The highest BCUT2D eigenvalue weighted by molar-refractivity contribution is 7.17. The van der Waals surface area contributed by atoms with Crippen molar-refractivity contribution in [2.45, 2.75) is 6.92 Å². The van der Waals surface area contributed by atoms with Gasteiger partial charge in [0.25, 0.3) is 0 Å². The van der Waals surface area contributed by atoms with E-state index in [9.17, 15) is 9.59 Å². The van der Waals surface area contributed by atoms with Crippen LogP contribution in [0.25, 0.3) is 0 Å². The van der Waals surface area contributed by atoms with Crippen molar-refractivity contribution in [3.8, 4) is 0 Å². The molecule has 2 heterocycles. The number of rotatable bonds is 2. The molecule has 5 nitrogen and oxygen atoms in total. The van der Waals surface area contributed by atoms with E-state index >= 15 is 0 Å². The Hall–Kier alpha value is -1.43. The van der Waals surface area contributed by atoms with Crippen molar-refractivity contribution in [3.63, 3.8) is 0 Å². The average Bonchev–Trinajstić information content (AvgIpc) is 2.71. The van der Waals surface area contributed by atoms with Crippen molar-refractivity contribution < 1.29 is 9.59 Å². The van der Waals surface area contributed by atoms with E-state index in [2.05, 4.69) is 4.98 Å². The zero-order valence-corrected chi connectivity index (χ0v) is 10.1. The summed E-state index contributed by atoms with van der Waals surface area (Å²) in [5, 5.41) is 0.756. The van der Waals surface area contributed by atoms with Crippen LogP contribution in [0.5, 0.6) is 0 Å². The van der Waals surface area contributed by atoms with Crippen LogP contribution in [0.3, 0.4) is 0 Å². The minimum absolute atomic E-state index is 0.0178. The molecular formula is C10H13N3O2S. The van der Waals surface area contributed by atoms with E-state index in [1.54, 1.807) is 18.1 Å². The number of amides is 1. The molecule has 6 heteroatoms. The van der Waals surface area contributed by atoms with Gasteiger partial charge in [0.2, 0.25) is 5.91 Å². The van der Waals surface area contributed by atoms with Crippen LogP contribution in [-0.4, -0.2) is 48.3 Å². The fourth-order valence-corrected chi connectivity index (χ4v) is 2.33. The molecule has 86 valence electrons. The van der Waals surface area contributed by atoms with Gasteiger partial charge in [-0.05, 0) is 0 Å². The van der Waals surface area contributed by atoms with E-state index < -0.39 is 0 Å². The van der Waals surface area contributed by atoms with Crippen LogP contribution in [0.15, 0.2) is 6.20 Å². The Morgan fingerprint density at radius 2 is 2.25 bits per heavy atom. The molecule has 2 rings (SSSR count). The molecule has 16 heavy (non-hydrogen) atoms. The second kappa shape index (κ2) is 4.21. The van der Waals surface area contributed by atoms with Gasteiger partial charge in [0.1, 0.15) is 0 Å². The Morgan fingerprint density at radius 3 is 2.81 bits per heavy atom.